The first kappa shape index (κ1) is 26.0. The molecular weight excluding hydrogens is 547 g/mol. The lowest BCUT2D eigenvalue weighted by Crippen LogP contribution is -2.21. The highest BCUT2D eigenvalue weighted by Crippen LogP contribution is 2.29. The average molecular weight is 567 g/mol. The maximum Gasteiger partial charge on any atom is 0.282 e. The Kier molecular flexibility index (Phi) is 7.01. The molecule has 4 aromatic carbocycles. The van der Waals surface area contributed by atoms with Crippen molar-refractivity contribution >= 4 is 51.3 Å². The lowest BCUT2D eigenvalue weighted by atomic mass is 10.2. The summed E-state index contributed by atoms with van der Waals surface area (Å²) in [6.07, 6.45) is 1.44. The van der Waals surface area contributed by atoms with Crippen LogP contribution >= 0.6 is 11.6 Å². The number of hydrogen-bond acceptors (Lipinski definition) is 6. The van der Waals surface area contributed by atoms with E-state index in [9.17, 15) is 14.0 Å². The van der Waals surface area contributed by atoms with Gasteiger partial charge in [0.05, 0.1) is 22.8 Å². The average Bonchev–Trinajstić information content (AvgIpc) is 3.40. The van der Waals surface area contributed by atoms with Gasteiger partial charge in [-0.1, -0.05) is 48.0 Å². The third-order valence-corrected chi connectivity index (χ3v) is 6.43. The molecule has 202 valence electrons. The summed E-state index contributed by atoms with van der Waals surface area (Å²) in [7, 11) is 0. The van der Waals surface area contributed by atoms with E-state index in [4.69, 9.17) is 20.8 Å². The largest absolute Gasteiger partial charge is 0.483 e. The minimum Gasteiger partial charge on any atom is -0.483 e. The van der Waals surface area contributed by atoms with E-state index in [0.717, 1.165) is 10.1 Å². The number of nitrogens with zero attached hydrogens (tertiary/aromatic N) is 3. The van der Waals surface area contributed by atoms with E-state index < -0.39 is 17.3 Å². The van der Waals surface area contributed by atoms with Gasteiger partial charge in [0.1, 0.15) is 17.1 Å². The molecule has 0 unspecified atom stereocenters. The summed E-state index contributed by atoms with van der Waals surface area (Å²) in [5.41, 5.74) is 1.22. The van der Waals surface area contributed by atoms with Gasteiger partial charge in [-0.25, -0.2) is 9.37 Å². The maximum absolute atomic E-state index is 13.9. The molecule has 0 radical (unpaired) electrons. The third kappa shape index (κ3) is 5.43. The van der Waals surface area contributed by atoms with Crippen molar-refractivity contribution in [3.05, 3.63) is 124 Å². The lowest BCUT2D eigenvalue weighted by Gasteiger charge is -2.10. The molecule has 41 heavy (non-hydrogen) atoms. The van der Waals surface area contributed by atoms with Gasteiger partial charge in [0, 0.05) is 16.0 Å². The van der Waals surface area contributed by atoms with Gasteiger partial charge >= 0.3 is 0 Å². The normalized spacial score (nSPS) is 11.4. The first-order valence-electron chi connectivity index (χ1n) is 12.5. The van der Waals surface area contributed by atoms with Gasteiger partial charge in [-0.2, -0.15) is 9.78 Å². The Morgan fingerprint density at radius 1 is 1.02 bits per heavy atom. The first-order valence-corrected chi connectivity index (χ1v) is 12.9. The Labute approximate surface area is 237 Å². The number of aromatic nitrogens is 2. The Bertz CT molecular complexity index is 2020. The monoisotopic (exact) mass is 566 g/mol. The van der Waals surface area contributed by atoms with Gasteiger partial charge in [0.15, 0.2) is 12.4 Å². The number of anilines is 1. The fourth-order valence-corrected chi connectivity index (χ4v) is 4.43. The second-order valence-corrected chi connectivity index (χ2v) is 9.40. The van der Waals surface area contributed by atoms with E-state index in [1.54, 1.807) is 78.9 Å². The van der Waals surface area contributed by atoms with Crippen molar-refractivity contribution in [2.45, 2.75) is 0 Å². The summed E-state index contributed by atoms with van der Waals surface area (Å²) < 4.78 is 26.7. The predicted molar refractivity (Wildman–Crippen MR) is 156 cm³/mol. The molecule has 2 heterocycles. The highest BCUT2D eigenvalue weighted by Gasteiger charge is 2.17. The molecule has 1 amide bonds. The Morgan fingerprint density at radius 3 is 2.68 bits per heavy atom. The van der Waals surface area contributed by atoms with Crippen LogP contribution in [0, 0.1) is 5.82 Å². The summed E-state index contributed by atoms with van der Waals surface area (Å²) in [5.74, 6) is -0.228. The molecule has 0 aliphatic heterocycles. The van der Waals surface area contributed by atoms with Crippen molar-refractivity contribution in [3.8, 4) is 17.3 Å². The van der Waals surface area contributed by atoms with E-state index in [-0.39, 0.29) is 18.1 Å². The Morgan fingerprint density at radius 2 is 1.80 bits per heavy atom. The molecule has 6 aromatic rings. The quantitative estimate of drug-likeness (QED) is 0.222. The standard InChI is InChI=1S/C31H20ClFN4O4/c32-21-13-14-27-20(15-21)16-28(41-27)30-36-24-10-4-2-8-22(24)31(39)37(30)34-17-19-7-1-6-12-26(19)40-18-29(38)35-25-11-5-3-9-23(25)33/h1-17H,18H2,(H,35,38). The van der Waals surface area contributed by atoms with Crippen LogP contribution in [0.4, 0.5) is 10.1 Å². The second-order valence-electron chi connectivity index (χ2n) is 8.96. The van der Waals surface area contributed by atoms with Gasteiger partial charge in [-0.05, 0) is 60.7 Å². The number of halogens is 2. The number of nitrogens with one attached hydrogen (secondary N) is 1. The smallest absolute Gasteiger partial charge is 0.282 e. The van der Waals surface area contributed by atoms with Crippen LogP contribution in [0.15, 0.2) is 111 Å². The number of carbonyl (C=O) groups excluding carboxylic acids is 1. The number of benzene rings is 4. The van der Waals surface area contributed by atoms with Crippen molar-refractivity contribution < 1.29 is 18.3 Å². The number of rotatable bonds is 7. The van der Waals surface area contributed by atoms with Gasteiger partial charge in [-0.15, -0.1) is 0 Å². The van der Waals surface area contributed by atoms with Gasteiger partial charge in [0.25, 0.3) is 11.5 Å². The zero-order chi connectivity index (χ0) is 28.3. The maximum atomic E-state index is 13.9. The first-order chi connectivity index (χ1) is 20.0. The topological polar surface area (TPSA) is 98.7 Å². The summed E-state index contributed by atoms with van der Waals surface area (Å²) in [6, 6.07) is 26.6. The molecule has 0 spiro atoms. The number of hydrogen-bond donors (Lipinski definition) is 1. The van der Waals surface area contributed by atoms with Crippen molar-refractivity contribution in [1.82, 2.24) is 9.66 Å². The lowest BCUT2D eigenvalue weighted by molar-refractivity contribution is -0.118. The molecule has 10 heteroatoms. The minimum absolute atomic E-state index is 0.0551. The highest BCUT2D eigenvalue weighted by molar-refractivity contribution is 6.31. The van der Waals surface area contributed by atoms with Gasteiger partial charge in [0.2, 0.25) is 5.82 Å². The summed E-state index contributed by atoms with van der Waals surface area (Å²) in [5, 5.41) is 8.61. The minimum atomic E-state index is -0.550. The zero-order valence-corrected chi connectivity index (χ0v) is 22.0. The molecular formula is C31H20ClFN4O4. The van der Waals surface area contributed by atoms with E-state index in [1.165, 1.54) is 24.4 Å². The van der Waals surface area contributed by atoms with Crippen LogP contribution in [0.2, 0.25) is 5.02 Å². The van der Waals surface area contributed by atoms with E-state index in [0.29, 0.717) is 38.6 Å². The molecule has 0 aliphatic rings. The zero-order valence-electron chi connectivity index (χ0n) is 21.3. The third-order valence-electron chi connectivity index (χ3n) is 6.19. The number of para-hydroxylation sites is 3. The summed E-state index contributed by atoms with van der Waals surface area (Å²) >= 11 is 6.14. The highest BCUT2D eigenvalue weighted by atomic mass is 35.5. The fraction of sp³-hybridized carbons (Fsp3) is 0.0323. The van der Waals surface area contributed by atoms with E-state index >= 15 is 0 Å². The molecule has 0 saturated carbocycles. The number of amides is 1. The molecule has 0 saturated heterocycles. The number of ether oxygens (including phenoxy) is 1. The second kappa shape index (κ2) is 11.1. The summed E-state index contributed by atoms with van der Waals surface area (Å²) in [4.78, 5) is 30.6. The number of carbonyl (C=O) groups is 1. The van der Waals surface area contributed by atoms with E-state index in [1.807, 2.05) is 0 Å². The summed E-state index contributed by atoms with van der Waals surface area (Å²) in [6.45, 7) is -0.372. The van der Waals surface area contributed by atoms with Crippen molar-refractivity contribution in [1.29, 1.82) is 0 Å². The SMILES string of the molecule is O=C(COc1ccccc1C=Nn1c(-c2cc3cc(Cl)ccc3o2)nc2ccccc2c1=O)Nc1ccccc1F. The Balaban J connectivity index is 1.34. The van der Waals surface area contributed by atoms with Crippen LogP contribution in [0.5, 0.6) is 5.75 Å². The number of fused-ring (bicyclic) bond motifs is 2. The Hall–Kier alpha value is -5.28. The van der Waals surface area contributed by atoms with Crippen LogP contribution in [-0.4, -0.2) is 28.4 Å². The molecule has 1 N–H and O–H groups in total. The molecule has 0 atom stereocenters. The molecule has 0 bridgehead atoms. The van der Waals surface area contributed by atoms with Gasteiger partial charge in [-0.3, -0.25) is 9.59 Å². The van der Waals surface area contributed by atoms with E-state index in [2.05, 4.69) is 15.4 Å². The van der Waals surface area contributed by atoms with Crippen molar-refractivity contribution in [2.75, 3.05) is 11.9 Å². The fourth-order valence-electron chi connectivity index (χ4n) is 4.25. The van der Waals surface area contributed by atoms with Crippen molar-refractivity contribution in [2.24, 2.45) is 5.10 Å². The van der Waals surface area contributed by atoms with Crippen LogP contribution in [0.1, 0.15) is 5.56 Å². The van der Waals surface area contributed by atoms with Crippen LogP contribution in [0.3, 0.4) is 0 Å². The predicted octanol–water partition coefficient (Wildman–Crippen LogP) is 6.50. The van der Waals surface area contributed by atoms with Gasteiger partial charge < -0.3 is 14.5 Å². The van der Waals surface area contributed by atoms with Crippen LogP contribution in [0.25, 0.3) is 33.5 Å². The van der Waals surface area contributed by atoms with Crippen molar-refractivity contribution in [3.63, 3.8) is 0 Å². The molecule has 8 nitrogen and oxygen atoms in total. The molecule has 0 aliphatic carbocycles. The molecule has 2 aromatic heterocycles. The number of furan rings is 1. The van der Waals surface area contributed by atoms with Crippen LogP contribution < -0.4 is 15.6 Å². The molecule has 6 rings (SSSR count). The van der Waals surface area contributed by atoms with Crippen LogP contribution in [-0.2, 0) is 4.79 Å². The molecule has 0 fully saturated rings.